The Labute approximate surface area is 228 Å². The van der Waals surface area contributed by atoms with Gasteiger partial charge in [0.05, 0.1) is 25.9 Å². The van der Waals surface area contributed by atoms with Gasteiger partial charge in [-0.15, -0.1) is 0 Å². The number of methoxy groups -OCH3 is 2. The summed E-state index contributed by atoms with van der Waals surface area (Å²) in [5.41, 5.74) is 0.948. The van der Waals surface area contributed by atoms with Crippen LogP contribution in [0.1, 0.15) is 17.3 Å². The van der Waals surface area contributed by atoms with Gasteiger partial charge in [-0.1, -0.05) is 12.1 Å². The standard InChI is InChI=1S/C30H25FN4O5/c1-4-35-16-22(18-5-7-19(31)8-6-18)29(36)23(17-35)30(37)34-28-10-9-20(15-33-28)40-25-11-12-32-24-14-27(39-3)26(38-2)13-21(24)25/h5-17H,4H2,1-3H3,(H,33,34,37). The van der Waals surface area contributed by atoms with Gasteiger partial charge in [-0.05, 0) is 48.9 Å². The molecule has 40 heavy (non-hydrogen) atoms. The molecule has 0 aliphatic carbocycles. The summed E-state index contributed by atoms with van der Waals surface area (Å²) < 4.78 is 31.9. The van der Waals surface area contributed by atoms with Gasteiger partial charge in [-0.3, -0.25) is 14.6 Å². The second-order valence-electron chi connectivity index (χ2n) is 8.72. The van der Waals surface area contributed by atoms with Crippen molar-refractivity contribution in [2.75, 3.05) is 19.5 Å². The second-order valence-corrected chi connectivity index (χ2v) is 8.72. The van der Waals surface area contributed by atoms with Gasteiger partial charge in [0, 0.05) is 42.2 Å². The summed E-state index contributed by atoms with van der Waals surface area (Å²) in [7, 11) is 3.10. The SMILES string of the molecule is CCn1cc(C(=O)Nc2ccc(Oc3ccnc4cc(OC)c(OC)cc34)cn2)c(=O)c(-c2ccc(F)cc2)c1. The average Bonchev–Trinajstić information content (AvgIpc) is 2.98. The number of carbonyl (C=O) groups is 1. The Morgan fingerprint density at radius 1 is 0.950 bits per heavy atom. The van der Waals surface area contributed by atoms with Crippen LogP contribution >= 0.6 is 0 Å². The third-order valence-electron chi connectivity index (χ3n) is 6.26. The minimum Gasteiger partial charge on any atom is -0.493 e. The van der Waals surface area contributed by atoms with E-state index in [2.05, 4.69) is 15.3 Å². The number of aryl methyl sites for hydroxylation is 1. The van der Waals surface area contributed by atoms with Crippen molar-refractivity contribution in [2.24, 2.45) is 0 Å². The zero-order valence-corrected chi connectivity index (χ0v) is 22.0. The lowest BCUT2D eigenvalue weighted by Crippen LogP contribution is -2.24. The molecular weight excluding hydrogens is 515 g/mol. The summed E-state index contributed by atoms with van der Waals surface area (Å²) in [5, 5.41) is 3.38. The molecule has 202 valence electrons. The van der Waals surface area contributed by atoms with E-state index in [4.69, 9.17) is 14.2 Å². The number of benzene rings is 2. The molecule has 0 spiro atoms. The fourth-order valence-corrected chi connectivity index (χ4v) is 4.17. The molecule has 0 bridgehead atoms. The number of anilines is 1. The molecule has 5 aromatic rings. The van der Waals surface area contributed by atoms with E-state index in [0.29, 0.717) is 51.6 Å². The van der Waals surface area contributed by atoms with Crippen molar-refractivity contribution in [1.29, 1.82) is 0 Å². The fourth-order valence-electron chi connectivity index (χ4n) is 4.17. The molecule has 1 N–H and O–H groups in total. The van der Waals surface area contributed by atoms with E-state index in [0.717, 1.165) is 0 Å². The van der Waals surface area contributed by atoms with Crippen LogP contribution in [0.15, 0.2) is 84.2 Å². The lowest BCUT2D eigenvalue weighted by atomic mass is 10.0. The summed E-state index contributed by atoms with van der Waals surface area (Å²) in [4.78, 5) is 34.9. The molecule has 1 amide bonds. The Morgan fingerprint density at radius 2 is 1.70 bits per heavy atom. The van der Waals surface area contributed by atoms with Gasteiger partial charge in [-0.25, -0.2) is 9.37 Å². The number of rotatable bonds is 8. The Kier molecular flexibility index (Phi) is 7.41. The molecule has 3 aromatic heterocycles. The van der Waals surface area contributed by atoms with Crippen molar-refractivity contribution >= 4 is 22.6 Å². The molecule has 0 saturated carbocycles. The van der Waals surface area contributed by atoms with Crippen LogP contribution < -0.4 is 25.0 Å². The number of ether oxygens (including phenoxy) is 3. The number of pyridine rings is 3. The lowest BCUT2D eigenvalue weighted by Gasteiger charge is -2.13. The number of nitrogens with zero attached hydrogens (tertiary/aromatic N) is 3. The Morgan fingerprint density at radius 3 is 2.38 bits per heavy atom. The van der Waals surface area contributed by atoms with E-state index in [-0.39, 0.29) is 11.4 Å². The van der Waals surface area contributed by atoms with E-state index < -0.39 is 17.2 Å². The van der Waals surface area contributed by atoms with Crippen molar-refractivity contribution in [1.82, 2.24) is 14.5 Å². The quantitative estimate of drug-likeness (QED) is 0.270. The van der Waals surface area contributed by atoms with Crippen LogP contribution in [0, 0.1) is 5.82 Å². The normalized spacial score (nSPS) is 10.8. The molecular formula is C30H25FN4O5. The minimum absolute atomic E-state index is 0.0570. The Balaban J connectivity index is 1.38. The lowest BCUT2D eigenvalue weighted by molar-refractivity contribution is 0.102. The van der Waals surface area contributed by atoms with Crippen LogP contribution in [-0.4, -0.2) is 34.7 Å². The number of fused-ring (bicyclic) bond motifs is 1. The van der Waals surface area contributed by atoms with Gasteiger partial charge in [0.2, 0.25) is 5.43 Å². The molecule has 0 aliphatic heterocycles. The van der Waals surface area contributed by atoms with Gasteiger partial charge in [0.25, 0.3) is 5.91 Å². The highest BCUT2D eigenvalue weighted by Gasteiger charge is 2.17. The van der Waals surface area contributed by atoms with Crippen molar-refractivity contribution in [3.05, 3.63) is 101 Å². The molecule has 0 unspecified atom stereocenters. The monoisotopic (exact) mass is 540 g/mol. The second kappa shape index (κ2) is 11.2. The highest BCUT2D eigenvalue weighted by Crippen LogP contribution is 2.36. The van der Waals surface area contributed by atoms with E-state index in [1.54, 1.807) is 61.5 Å². The van der Waals surface area contributed by atoms with E-state index >= 15 is 0 Å². The zero-order valence-electron chi connectivity index (χ0n) is 22.0. The molecule has 0 radical (unpaired) electrons. The first kappa shape index (κ1) is 26.4. The van der Waals surface area contributed by atoms with Crippen molar-refractivity contribution < 1.29 is 23.4 Å². The van der Waals surface area contributed by atoms with Gasteiger partial charge >= 0.3 is 0 Å². The average molecular weight is 541 g/mol. The number of amides is 1. The van der Waals surface area contributed by atoms with Crippen molar-refractivity contribution in [2.45, 2.75) is 13.5 Å². The third kappa shape index (κ3) is 5.32. The smallest absolute Gasteiger partial charge is 0.262 e. The first-order valence-electron chi connectivity index (χ1n) is 12.4. The maximum absolute atomic E-state index is 13.4. The number of aromatic nitrogens is 3. The van der Waals surface area contributed by atoms with E-state index in [1.807, 2.05) is 6.92 Å². The van der Waals surface area contributed by atoms with Crippen LogP contribution in [0.25, 0.3) is 22.0 Å². The van der Waals surface area contributed by atoms with Gasteiger partial charge in [0.15, 0.2) is 11.5 Å². The van der Waals surface area contributed by atoms with E-state index in [1.165, 1.54) is 36.7 Å². The number of hydrogen-bond donors (Lipinski definition) is 1. The molecule has 2 aromatic carbocycles. The number of halogens is 1. The Hall–Kier alpha value is -5.25. The molecule has 0 aliphatic rings. The maximum atomic E-state index is 13.4. The molecule has 0 atom stereocenters. The maximum Gasteiger partial charge on any atom is 0.262 e. The summed E-state index contributed by atoms with van der Waals surface area (Å²) in [6.07, 6.45) is 6.21. The molecule has 3 heterocycles. The Bertz CT molecular complexity index is 1750. The predicted molar refractivity (Wildman–Crippen MR) is 149 cm³/mol. The van der Waals surface area contributed by atoms with Gasteiger partial charge in [-0.2, -0.15) is 0 Å². The highest BCUT2D eigenvalue weighted by atomic mass is 19.1. The summed E-state index contributed by atoms with van der Waals surface area (Å²) >= 11 is 0. The van der Waals surface area contributed by atoms with E-state index in [9.17, 15) is 14.0 Å². The molecule has 0 saturated heterocycles. The van der Waals surface area contributed by atoms with Crippen LogP contribution in [-0.2, 0) is 6.54 Å². The van der Waals surface area contributed by atoms with Crippen LogP contribution in [0.3, 0.4) is 0 Å². The first-order chi connectivity index (χ1) is 19.4. The van der Waals surface area contributed by atoms with Crippen molar-refractivity contribution in [3.8, 4) is 34.1 Å². The summed E-state index contributed by atoms with van der Waals surface area (Å²) in [6, 6.07) is 14.0. The predicted octanol–water partition coefficient (Wildman–Crippen LogP) is 5.68. The summed E-state index contributed by atoms with van der Waals surface area (Å²) in [5.74, 6) is 1.25. The molecule has 5 rings (SSSR count). The number of hydrogen-bond acceptors (Lipinski definition) is 7. The number of carbonyl (C=O) groups excluding carboxylic acids is 1. The highest BCUT2D eigenvalue weighted by molar-refractivity contribution is 6.04. The third-order valence-corrected chi connectivity index (χ3v) is 6.26. The van der Waals surface area contributed by atoms with Crippen LogP contribution in [0.4, 0.5) is 10.2 Å². The topological polar surface area (TPSA) is 105 Å². The fraction of sp³-hybridized carbons (Fsp3) is 0.133. The van der Waals surface area contributed by atoms with Crippen LogP contribution in [0.5, 0.6) is 23.0 Å². The van der Waals surface area contributed by atoms with Gasteiger partial charge in [0.1, 0.15) is 28.7 Å². The molecule has 0 fully saturated rings. The summed E-state index contributed by atoms with van der Waals surface area (Å²) in [6.45, 7) is 2.42. The molecule has 9 nitrogen and oxygen atoms in total. The number of nitrogens with one attached hydrogen (secondary N) is 1. The zero-order chi connectivity index (χ0) is 28.2. The first-order valence-corrected chi connectivity index (χ1v) is 12.4. The largest absolute Gasteiger partial charge is 0.493 e. The van der Waals surface area contributed by atoms with Crippen molar-refractivity contribution in [3.63, 3.8) is 0 Å². The molecule has 10 heteroatoms. The van der Waals surface area contributed by atoms with Gasteiger partial charge < -0.3 is 24.1 Å². The van der Waals surface area contributed by atoms with Crippen LogP contribution in [0.2, 0.25) is 0 Å². The minimum atomic E-state index is -0.612.